The fourth-order valence-corrected chi connectivity index (χ4v) is 7.17. The van der Waals surface area contributed by atoms with Gasteiger partial charge in [-0.1, -0.05) is 24.3 Å². The van der Waals surface area contributed by atoms with Crippen molar-refractivity contribution in [2.24, 2.45) is 5.92 Å². The summed E-state index contributed by atoms with van der Waals surface area (Å²) in [5.74, 6) is 0.440. The minimum atomic E-state index is -3.71. The van der Waals surface area contributed by atoms with E-state index < -0.39 is 10.0 Å². The van der Waals surface area contributed by atoms with Crippen molar-refractivity contribution >= 4 is 32.4 Å². The SMILES string of the molecule is CC1CN(CC2CCN(C(=O)CN3c4cccc5cccc(c45)S3(=O)=O)CC2)CC(C)O1. The normalized spacial score (nSPS) is 26.1. The van der Waals surface area contributed by atoms with Crippen LogP contribution in [0.4, 0.5) is 5.69 Å². The number of amides is 1. The zero-order valence-corrected chi connectivity index (χ0v) is 19.6. The van der Waals surface area contributed by atoms with Crippen molar-refractivity contribution in [2.45, 2.75) is 43.8 Å². The van der Waals surface area contributed by atoms with Gasteiger partial charge in [0.25, 0.3) is 10.0 Å². The number of anilines is 1. The van der Waals surface area contributed by atoms with Gasteiger partial charge < -0.3 is 9.64 Å². The van der Waals surface area contributed by atoms with Gasteiger partial charge in [-0.15, -0.1) is 0 Å². The fourth-order valence-electron chi connectivity index (χ4n) is 5.51. The van der Waals surface area contributed by atoms with E-state index in [0.717, 1.165) is 43.2 Å². The van der Waals surface area contributed by atoms with Gasteiger partial charge in [0.2, 0.25) is 5.91 Å². The summed E-state index contributed by atoms with van der Waals surface area (Å²) in [6.45, 7) is 8.43. The van der Waals surface area contributed by atoms with Gasteiger partial charge in [-0.2, -0.15) is 0 Å². The molecule has 172 valence electrons. The quantitative estimate of drug-likeness (QED) is 0.706. The fraction of sp³-hybridized carbons (Fsp3) is 0.542. The molecular formula is C24H31N3O4S. The lowest BCUT2D eigenvalue weighted by molar-refractivity contribution is -0.131. The van der Waals surface area contributed by atoms with Crippen molar-refractivity contribution in [1.82, 2.24) is 9.80 Å². The summed E-state index contributed by atoms with van der Waals surface area (Å²) in [5, 5.41) is 1.60. The van der Waals surface area contributed by atoms with Crippen LogP contribution < -0.4 is 4.31 Å². The number of carbonyl (C=O) groups excluding carboxylic acids is 1. The Morgan fingerprint density at radius 2 is 1.69 bits per heavy atom. The number of rotatable bonds is 4. The lowest BCUT2D eigenvalue weighted by Gasteiger charge is -2.39. The molecule has 0 radical (unpaired) electrons. The van der Waals surface area contributed by atoms with Crippen molar-refractivity contribution < 1.29 is 17.9 Å². The summed E-state index contributed by atoms with van der Waals surface area (Å²) in [4.78, 5) is 17.7. The van der Waals surface area contributed by atoms with Crippen LogP contribution in [-0.2, 0) is 19.6 Å². The second kappa shape index (κ2) is 8.32. The maximum atomic E-state index is 13.1. The van der Waals surface area contributed by atoms with Crippen molar-refractivity contribution in [3.63, 3.8) is 0 Å². The largest absolute Gasteiger partial charge is 0.373 e. The number of ether oxygens (including phenoxy) is 1. The van der Waals surface area contributed by atoms with Crippen molar-refractivity contribution in [2.75, 3.05) is 43.6 Å². The highest BCUT2D eigenvalue weighted by Gasteiger charge is 2.38. The molecule has 1 amide bonds. The first-order valence-electron chi connectivity index (χ1n) is 11.5. The first-order chi connectivity index (χ1) is 15.3. The smallest absolute Gasteiger partial charge is 0.265 e. The number of nitrogens with zero attached hydrogens (tertiary/aromatic N) is 3. The zero-order valence-electron chi connectivity index (χ0n) is 18.7. The first kappa shape index (κ1) is 21.7. The van der Waals surface area contributed by atoms with Gasteiger partial charge in [-0.3, -0.25) is 14.0 Å². The summed E-state index contributed by atoms with van der Waals surface area (Å²) in [7, 11) is -3.71. The second-order valence-corrected chi connectivity index (χ2v) is 11.3. The van der Waals surface area contributed by atoms with E-state index in [9.17, 15) is 13.2 Å². The van der Waals surface area contributed by atoms with Crippen LogP contribution in [0.2, 0.25) is 0 Å². The molecule has 8 heteroatoms. The van der Waals surface area contributed by atoms with E-state index >= 15 is 0 Å². The number of sulfonamides is 1. The average molecular weight is 458 g/mol. The van der Waals surface area contributed by atoms with E-state index in [0.29, 0.717) is 29.6 Å². The van der Waals surface area contributed by atoms with Gasteiger partial charge in [0.1, 0.15) is 6.54 Å². The van der Waals surface area contributed by atoms with Gasteiger partial charge in [0.15, 0.2) is 0 Å². The minimum Gasteiger partial charge on any atom is -0.373 e. The van der Waals surface area contributed by atoms with Gasteiger partial charge in [-0.05, 0) is 50.1 Å². The van der Waals surface area contributed by atoms with Crippen LogP contribution in [0.5, 0.6) is 0 Å². The number of morpholine rings is 1. The molecule has 7 nitrogen and oxygen atoms in total. The molecular weight excluding hydrogens is 426 g/mol. The van der Waals surface area contributed by atoms with E-state index in [1.165, 1.54) is 4.31 Å². The Morgan fingerprint density at radius 1 is 1.03 bits per heavy atom. The predicted octanol–water partition coefficient (Wildman–Crippen LogP) is 2.70. The first-order valence-corrected chi connectivity index (χ1v) is 13.0. The molecule has 0 saturated carbocycles. The lowest BCUT2D eigenvalue weighted by atomic mass is 9.95. The van der Waals surface area contributed by atoms with Crippen molar-refractivity contribution in [3.05, 3.63) is 36.4 Å². The Kier molecular flexibility index (Phi) is 5.63. The monoisotopic (exact) mass is 457 g/mol. The molecule has 2 aromatic carbocycles. The van der Waals surface area contributed by atoms with Crippen LogP contribution in [0.15, 0.2) is 41.3 Å². The Labute approximate surface area is 190 Å². The van der Waals surface area contributed by atoms with Gasteiger partial charge in [0.05, 0.1) is 22.8 Å². The third-order valence-electron chi connectivity index (χ3n) is 6.94. The zero-order chi connectivity index (χ0) is 22.5. The molecule has 0 aromatic heterocycles. The number of benzene rings is 2. The molecule has 0 spiro atoms. The minimum absolute atomic E-state index is 0.120. The third kappa shape index (κ3) is 3.89. The Hall–Kier alpha value is -2.16. The molecule has 2 aromatic rings. The van der Waals surface area contributed by atoms with Gasteiger partial charge >= 0.3 is 0 Å². The molecule has 5 rings (SSSR count). The molecule has 0 bridgehead atoms. The lowest BCUT2D eigenvalue weighted by Crippen LogP contribution is -2.49. The number of piperidine rings is 1. The van der Waals surface area contributed by atoms with Crippen LogP contribution >= 0.6 is 0 Å². The summed E-state index contributed by atoms with van der Waals surface area (Å²) < 4.78 is 33.4. The molecule has 3 aliphatic rings. The summed E-state index contributed by atoms with van der Waals surface area (Å²) >= 11 is 0. The molecule has 32 heavy (non-hydrogen) atoms. The van der Waals surface area contributed by atoms with Crippen molar-refractivity contribution in [3.8, 4) is 0 Å². The molecule has 2 saturated heterocycles. The average Bonchev–Trinajstić information content (AvgIpc) is 2.97. The third-order valence-corrected chi connectivity index (χ3v) is 8.74. The molecule has 2 unspecified atom stereocenters. The van der Waals surface area contributed by atoms with Crippen LogP contribution in [0.3, 0.4) is 0 Å². The van der Waals surface area contributed by atoms with Gasteiger partial charge in [0, 0.05) is 38.1 Å². The highest BCUT2D eigenvalue weighted by atomic mass is 32.2. The predicted molar refractivity (Wildman–Crippen MR) is 124 cm³/mol. The second-order valence-electron chi connectivity index (χ2n) is 9.44. The maximum Gasteiger partial charge on any atom is 0.265 e. The number of carbonyl (C=O) groups is 1. The van der Waals surface area contributed by atoms with Crippen LogP contribution in [0.25, 0.3) is 10.8 Å². The summed E-state index contributed by atoms with van der Waals surface area (Å²) in [5.41, 5.74) is 0.608. The Bertz CT molecular complexity index is 1110. The summed E-state index contributed by atoms with van der Waals surface area (Å²) in [6, 6.07) is 10.8. The van der Waals surface area contributed by atoms with E-state index in [1.54, 1.807) is 18.2 Å². The van der Waals surface area contributed by atoms with Crippen molar-refractivity contribution in [1.29, 1.82) is 0 Å². The maximum absolute atomic E-state index is 13.1. The molecule has 2 fully saturated rings. The number of hydrogen-bond donors (Lipinski definition) is 0. The van der Waals surface area contributed by atoms with E-state index in [4.69, 9.17) is 4.74 Å². The van der Waals surface area contributed by atoms with E-state index in [2.05, 4.69) is 18.7 Å². The molecule has 2 atom stereocenters. The van der Waals surface area contributed by atoms with E-state index in [-0.39, 0.29) is 24.7 Å². The molecule has 0 aliphatic carbocycles. The standard InChI is InChI=1S/C24H31N3O4S/c1-17-13-25(14-18(2)31-17)15-19-9-11-26(12-10-19)23(28)16-27-21-7-3-5-20-6-4-8-22(24(20)21)32(27,29)30/h3-8,17-19H,9-16H2,1-2H3. The molecule has 3 heterocycles. The van der Waals surface area contributed by atoms with E-state index in [1.807, 2.05) is 23.1 Å². The topological polar surface area (TPSA) is 70.2 Å². The highest BCUT2D eigenvalue weighted by molar-refractivity contribution is 7.93. The number of likely N-dealkylation sites (tertiary alicyclic amines) is 1. The highest BCUT2D eigenvalue weighted by Crippen LogP contribution is 2.41. The van der Waals surface area contributed by atoms with Crippen LogP contribution in [0.1, 0.15) is 26.7 Å². The van der Waals surface area contributed by atoms with Crippen LogP contribution in [-0.4, -0.2) is 75.6 Å². The molecule has 0 N–H and O–H groups in total. The van der Waals surface area contributed by atoms with Gasteiger partial charge in [-0.25, -0.2) is 8.42 Å². The summed E-state index contributed by atoms with van der Waals surface area (Å²) in [6.07, 6.45) is 2.43. The Morgan fingerprint density at radius 3 is 2.38 bits per heavy atom. The van der Waals surface area contributed by atoms with Crippen LogP contribution in [0, 0.1) is 5.92 Å². The Balaban J connectivity index is 1.22. The number of hydrogen-bond acceptors (Lipinski definition) is 5. The molecule has 3 aliphatic heterocycles.